The molecule has 0 saturated heterocycles. The first kappa shape index (κ1) is 20.6. The summed E-state index contributed by atoms with van der Waals surface area (Å²) in [7, 11) is 1.24. The first-order valence-electron chi connectivity index (χ1n) is 7.99. The van der Waals surface area contributed by atoms with Gasteiger partial charge in [-0.3, -0.25) is 9.59 Å². The molecule has 0 fully saturated rings. The Morgan fingerprint density at radius 2 is 1.93 bits per heavy atom. The summed E-state index contributed by atoms with van der Waals surface area (Å²) in [5.74, 6) is -1.60. The van der Waals surface area contributed by atoms with E-state index in [4.69, 9.17) is 14.7 Å². The second kappa shape index (κ2) is 9.87. The number of carbonyl (C=O) groups is 2. The molecule has 28 heavy (non-hydrogen) atoms. The van der Waals surface area contributed by atoms with Crippen molar-refractivity contribution < 1.29 is 32.6 Å². The van der Waals surface area contributed by atoms with Gasteiger partial charge < -0.3 is 19.5 Å². The highest BCUT2D eigenvalue weighted by atomic mass is 19.3. The number of carbonyl (C=O) groups excluding carboxylic acids is 2. The Bertz CT molecular complexity index is 896. The fourth-order valence-corrected chi connectivity index (χ4v) is 2.22. The van der Waals surface area contributed by atoms with Gasteiger partial charge in [0.05, 0.1) is 18.7 Å². The predicted molar refractivity (Wildman–Crippen MR) is 92.9 cm³/mol. The highest BCUT2D eigenvalue weighted by molar-refractivity contribution is 5.96. The number of benzene rings is 2. The minimum absolute atomic E-state index is 0.0522. The van der Waals surface area contributed by atoms with Crippen molar-refractivity contribution in [3.63, 3.8) is 0 Å². The molecule has 146 valence electrons. The third-order valence-electron chi connectivity index (χ3n) is 3.56. The van der Waals surface area contributed by atoms with E-state index in [-0.39, 0.29) is 23.7 Å². The van der Waals surface area contributed by atoms with E-state index in [1.165, 1.54) is 19.2 Å². The van der Waals surface area contributed by atoms with Gasteiger partial charge in [-0.2, -0.15) is 14.0 Å². The SMILES string of the molecule is COc1cc(C(=O)NCC(=O)OCc2ccccc2C#N)ccc1OC(F)F. The van der Waals surface area contributed by atoms with Crippen LogP contribution in [0.5, 0.6) is 11.5 Å². The Balaban J connectivity index is 1.91. The monoisotopic (exact) mass is 390 g/mol. The molecule has 0 aliphatic heterocycles. The van der Waals surface area contributed by atoms with Gasteiger partial charge in [-0.25, -0.2) is 0 Å². The number of halogens is 2. The number of rotatable bonds is 8. The van der Waals surface area contributed by atoms with Gasteiger partial charge >= 0.3 is 12.6 Å². The van der Waals surface area contributed by atoms with Gasteiger partial charge in [0.1, 0.15) is 13.2 Å². The zero-order valence-corrected chi connectivity index (χ0v) is 14.8. The fourth-order valence-electron chi connectivity index (χ4n) is 2.22. The summed E-state index contributed by atoms with van der Waals surface area (Å²) in [6.07, 6.45) is 0. The summed E-state index contributed by atoms with van der Waals surface area (Å²) in [5, 5.41) is 11.3. The van der Waals surface area contributed by atoms with E-state index in [2.05, 4.69) is 10.1 Å². The van der Waals surface area contributed by atoms with Crippen LogP contribution in [0.15, 0.2) is 42.5 Å². The quantitative estimate of drug-likeness (QED) is 0.696. The molecular formula is C19H16F2N2O5. The van der Waals surface area contributed by atoms with E-state index in [1.807, 2.05) is 6.07 Å². The Morgan fingerprint density at radius 3 is 2.61 bits per heavy atom. The molecule has 0 radical (unpaired) electrons. The summed E-state index contributed by atoms with van der Waals surface area (Å²) >= 11 is 0. The Labute approximate surface area is 159 Å². The number of amides is 1. The molecule has 2 aromatic rings. The number of ether oxygens (including phenoxy) is 3. The zero-order chi connectivity index (χ0) is 20.5. The predicted octanol–water partition coefficient (Wildman–Crippen LogP) is 2.64. The summed E-state index contributed by atoms with van der Waals surface area (Å²) in [5.41, 5.74) is 1.02. The number of hydrogen-bond donors (Lipinski definition) is 1. The molecule has 9 heteroatoms. The van der Waals surface area contributed by atoms with Crippen LogP contribution in [0.3, 0.4) is 0 Å². The van der Waals surface area contributed by atoms with Crippen molar-refractivity contribution in [2.45, 2.75) is 13.2 Å². The normalized spacial score (nSPS) is 10.1. The topological polar surface area (TPSA) is 97.6 Å². The molecule has 7 nitrogen and oxygen atoms in total. The van der Waals surface area contributed by atoms with Crippen LogP contribution in [0.1, 0.15) is 21.5 Å². The maximum Gasteiger partial charge on any atom is 0.387 e. The summed E-state index contributed by atoms with van der Waals surface area (Å²) in [6, 6.07) is 12.3. The molecule has 0 atom stereocenters. The van der Waals surface area contributed by atoms with Crippen molar-refractivity contribution >= 4 is 11.9 Å². The minimum atomic E-state index is -3.03. The van der Waals surface area contributed by atoms with Crippen LogP contribution in [0.25, 0.3) is 0 Å². The van der Waals surface area contributed by atoms with Crippen LogP contribution >= 0.6 is 0 Å². The molecule has 0 aromatic heterocycles. The third kappa shape index (κ3) is 5.67. The van der Waals surface area contributed by atoms with Gasteiger partial charge in [-0.05, 0) is 24.3 Å². The van der Waals surface area contributed by atoms with Crippen LogP contribution < -0.4 is 14.8 Å². The average Bonchev–Trinajstić information content (AvgIpc) is 2.70. The lowest BCUT2D eigenvalue weighted by atomic mass is 10.1. The van der Waals surface area contributed by atoms with E-state index in [0.717, 1.165) is 6.07 Å². The van der Waals surface area contributed by atoms with Crippen LogP contribution in [-0.2, 0) is 16.1 Å². The van der Waals surface area contributed by atoms with Gasteiger partial charge in [-0.1, -0.05) is 18.2 Å². The van der Waals surface area contributed by atoms with Crippen molar-refractivity contribution in [2.75, 3.05) is 13.7 Å². The number of nitrogens with zero attached hydrogens (tertiary/aromatic N) is 1. The number of esters is 1. The van der Waals surface area contributed by atoms with Crippen molar-refractivity contribution in [1.82, 2.24) is 5.32 Å². The van der Waals surface area contributed by atoms with Crippen LogP contribution in [0.2, 0.25) is 0 Å². The first-order valence-corrected chi connectivity index (χ1v) is 7.99. The number of hydrogen-bond acceptors (Lipinski definition) is 6. The summed E-state index contributed by atoms with van der Waals surface area (Å²) in [4.78, 5) is 23.9. The molecule has 2 aromatic carbocycles. The largest absolute Gasteiger partial charge is 0.493 e. The smallest absolute Gasteiger partial charge is 0.387 e. The molecular weight excluding hydrogens is 374 g/mol. The Kier molecular flexibility index (Phi) is 7.28. The zero-order valence-electron chi connectivity index (χ0n) is 14.8. The lowest BCUT2D eigenvalue weighted by Gasteiger charge is -2.11. The average molecular weight is 390 g/mol. The minimum Gasteiger partial charge on any atom is -0.493 e. The molecule has 0 aliphatic rings. The van der Waals surface area contributed by atoms with Crippen molar-refractivity contribution in [3.8, 4) is 17.6 Å². The molecule has 0 spiro atoms. The molecule has 0 bridgehead atoms. The maximum absolute atomic E-state index is 12.3. The molecule has 1 N–H and O–H groups in total. The van der Waals surface area contributed by atoms with Crippen molar-refractivity contribution in [3.05, 3.63) is 59.2 Å². The molecule has 1 amide bonds. The van der Waals surface area contributed by atoms with Crippen LogP contribution in [-0.4, -0.2) is 32.1 Å². The summed E-state index contributed by atoms with van der Waals surface area (Å²) < 4.78 is 38.9. The van der Waals surface area contributed by atoms with Crippen LogP contribution in [0.4, 0.5) is 8.78 Å². The lowest BCUT2D eigenvalue weighted by molar-refractivity contribution is -0.143. The van der Waals surface area contributed by atoms with E-state index < -0.39 is 25.0 Å². The van der Waals surface area contributed by atoms with Crippen molar-refractivity contribution in [2.24, 2.45) is 0 Å². The van der Waals surface area contributed by atoms with E-state index in [1.54, 1.807) is 24.3 Å². The number of nitrogens with one attached hydrogen (secondary N) is 1. The van der Waals surface area contributed by atoms with E-state index in [9.17, 15) is 18.4 Å². The first-order chi connectivity index (χ1) is 13.4. The molecule has 0 heterocycles. The summed E-state index contributed by atoms with van der Waals surface area (Å²) in [6.45, 7) is -3.55. The van der Waals surface area contributed by atoms with Crippen LogP contribution in [0, 0.1) is 11.3 Å². The number of alkyl halides is 2. The standard InChI is InChI=1S/C19H16F2N2O5/c1-26-16-8-12(6-7-15(16)28-19(20)21)18(25)23-10-17(24)27-11-14-5-3-2-4-13(14)9-22/h2-8,19H,10-11H2,1H3,(H,23,25). The van der Waals surface area contributed by atoms with Gasteiger partial charge in [0.2, 0.25) is 0 Å². The van der Waals surface area contributed by atoms with E-state index >= 15 is 0 Å². The molecule has 0 unspecified atom stereocenters. The van der Waals surface area contributed by atoms with Gasteiger partial charge in [0.25, 0.3) is 5.91 Å². The molecule has 0 saturated carbocycles. The van der Waals surface area contributed by atoms with E-state index in [0.29, 0.717) is 11.1 Å². The molecule has 0 aliphatic carbocycles. The van der Waals surface area contributed by atoms with Crippen molar-refractivity contribution in [1.29, 1.82) is 5.26 Å². The molecule has 2 rings (SSSR count). The highest BCUT2D eigenvalue weighted by Crippen LogP contribution is 2.29. The van der Waals surface area contributed by atoms with Gasteiger partial charge in [0.15, 0.2) is 11.5 Å². The highest BCUT2D eigenvalue weighted by Gasteiger charge is 2.15. The fraction of sp³-hybridized carbons (Fsp3) is 0.211. The number of methoxy groups -OCH3 is 1. The lowest BCUT2D eigenvalue weighted by Crippen LogP contribution is -2.30. The van der Waals surface area contributed by atoms with Gasteiger partial charge in [0, 0.05) is 11.1 Å². The Hall–Kier alpha value is -3.67. The number of nitriles is 1. The Morgan fingerprint density at radius 1 is 1.18 bits per heavy atom. The van der Waals surface area contributed by atoms with Gasteiger partial charge in [-0.15, -0.1) is 0 Å². The third-order valence-corrected chi connectivity index (χ3v) is 3.56. The second-order valence-electron chi connectivity index (χ2n) is 5.36. The maximum atomic E-state index is 12.3. The second-order valence-corrected chi connectivity index (χ2v) is 5.36.